The van der Waals surface area contributed by atoms with Crippen molar-refractivity contribution in [3.05, 3.63) is 30.3 Å². The van der Waals surface area contributed by atoms with E-state index in [9.17, 15) is 9.18 Å². The molecule has 2 unspecified atom stereocenters. The molecule has 0 radical (unpaired) electrons. The molecule has 3 heteroatoms. The Labute approximate surface area is 107 Å². The summed E-state index contributed by atoms with van der Waals surface area (Å²) in [5, 5.41) is 2.94. The molecule has 2 atom stereocenters. The average molecular weight is 247 g/mol. The average Bonchev–Trinajstić information content (AvgIpc) is 2.62. The zero-order valence-electron chi connectivity index (χ0n) is 10.4. The van der Waals surface area contributed by atoms with E-state index in [0.717, 1.165) is 18.5 Å². The first-order valence-corrected chi connectivity index (χ1v) is 6.68. The summed E-state index contributed by atoms with van der Waals surface area (Å²) >= 11 is 0. The Balaban J connectivity index is 1.77. The van der Waals surface area contributed by atoms with E-state index in [1.54, 1.807) is 0 Å². The largest absolute Gasteiger partial charge is 0.326 e. The van der Waals surface area contributed by atoms with Gasteiger partial charge in [-0.1, -0.05) is 18.2 Å². The van der Waals surface area contributed by atoms with Gasteiger partial charge in [0, 0.05) is 5.69 Å². The van der Waals surface area contributed by atoms with E-state index in [2.05, 4.69) is 5.32 Å². The van der Waals surface area contributed by atoms with Gasteiger partial charge < -0.3 is 5.32 Å². The summed E-state index contributed by atoms with van der Waals surface area (Å²) in [7, 11) is 0. The first kappa shape index (κ1) is 11.7. The van der Waals surface area contributed by atoms with E-state index >= 15 is 0 Å². The minimum Gasteiger partial charge on any atom is -0.326 e. The Morgan fingerprint density at radius 1 is 1.11 bits per heavy atom. The number of amides is 1. The smallest absolute Gasteiger partial charge is 0.230 e. The zero-order valence-corrected chi connectivity index (χ0v) is 10.4. The van der Waals surface area contributed by atoms with Crippen LogP contribution in [0.15, 0.2) is 30.3 Å². The highest BCUT2D eigenvalue weighted by Gasteiger charge is 2.55. The molecule has 1 N–H and O–H groups in total. The van der Waals surface area contributed by atoms with Crippen LogP contribution in [-0.2, 0) is 4.79 Å². The van der Waals surface area contributed by atoms with E-state index in [1.165, 1.54) is 0 Å². The molecular weight excluding hydrogens is 229 g/mol. The molecule has 18 heavy (non-hydrogen) atoms. The molecule has 96 valence electrons. The molecule has 2 bridgehead atoms. The van der Waals surface area contributed by atoms with Crippen LogP contribution >= 0.6 is 0 Å². The number of anilines is 1. The van der Waals surface area contributed by atoms with Crippen molar-refractivity contribution in [2.45, 2.75) is 44.2 Å². The topological polar surface area (TPSA) is 29.1 Å². The van der Waals surface area contributed by atoms with Gasteiger partial charge in [-0.05, 0) is 50.7 Å². The first-order valence-electron chi connectivity index (χ1n) is 6.68. The van der Waals surface area contributed by atoms with Crippen molar-refractivity contribution >= 4 is 11.6 Å². The number of hydrogen-bond acceptors (Lipinski definition) is 1. The van der Waals surface area contributed by atoms with Crippen LogP contribution in [0.25, 0.3) is 0 Å². The van der Waals surface area contributed by atoms with Gasteiger partial charge in [-0.15, -0.1) is 0 Å². The lowest BCUT2D eigenvalue weighted by atomic mass is 9.74. The minimum absolute atomic E-state index is 0.00734. The molecule has 0 aromatic heterocycles. The highest BCUT2D eigenvalue weighted by Crippen LogP contribution is 2.55. The number of para-hydroxylation sites is 1. The van der Waals surface area contributed by atoms with Crippen LogP contribution in [-0.4, -0.2) is 11.6 Å². The third kappa shape index (κ3) is 1.92. The van der Waals surface area contributed by atoms with Gasteiger partial charge in [0.25, 0.3) is 0 Å². The van der Waals surface area contributed by atoms with Crippen molar-refractivity contribution in [1.82, 2.24) is 0 Å². The highest BCUT2D eigenvalue weighted by molar-refractivity contribution is 5.95. The normalized spacial score (nSPS) is 34.3. The van der Waals surface area contributed by atoms with Crippen molar-refractivity contribution in [1.29, 1.82) is 0 Å². The maximum absolute atomic E-state index is 14.3. The second-order valence-electron chi connectivity index (χ2n) is 5.78. The second kappa shape index (κ2) is 4.08. The fraction of sp³-hybridized carbons (Fsp3) is 0.533. The van der Waals surface area contributed by atoms with E-state index in [-0.39, 0.29) is 5.91 Å². The van der Waals surface area contributed by atoms with E-state index < -0.39 is 11.1 Å². The molecule has 2 fully saturated rings. The first-order chi connectivity index (χ1) is 8.62. The van der Waals surface area contributed by atoms with Crippen LogP contribution in [0.3, 0.4) is 0 Å². The summed E-state index contributed by atoms with van der Waals surface area (Å²) < 4.78 is 14.3. The standard InChI is InChI=1S/C15H18FNO/c16-15-8-4-7-14(11-15,9-10-15)13(18)17-12-5-2-1-3-6-12/h1-3,5-6H,4,7-11H2,(H,17,18). The number of fused-ring (bicyclic) bond motifs is 2. The maximum atomic E-state index is 14.3. The Hall–Kier alpha value is -1.38. The number of alkyl halides is 1. The van der Waals surface area contributed by atoms with E-state index in [0.29, 0.717) is 25.7 Å². The number of carbonyl (C=O) groups is 1. The van der Waals surface area contributed by atoms with Crippen LogP contribution < -0.4 is 5.32 Å². The Kier molecular flexibility index (Phi) is 2.65. The molecule has 1 aromatic rings. The van der Waals surface area contributed by atoms with Gasteiger partial charge in [-0.2, -0.15) is 0 Å². The predicted octanol–water partition coefficient (Wildman–Crippen LogP) is 3.69. The molecule has 1 amide bonds. The summed E-state index contributed by atoms with van der Waals surface area (Å²) in [4.78, 5) is 12.4. The van der Waals surface area contributed by atoms with Gasteiger partial charge in [0.1, 0.15) is 5.67 Å². The zero-order chi connectivity index (χ0) is 12.6. The summed E-state index contributed by atoms with van der Waals surface area (Å²) in [6.07, 6.45) is 3.96. The van der Waals surface area contributed by atoms with Gasteiger partial charge in [0.05, 0.1) is 5.41 Å². The molecule has 0 heterocycles. The highest BCUT2D eigenvalue weighted by atomic mass is 19.1. The number of hydrogen-bond donors (Lipinski definition) is 1. The summed E-state index contributed by atoms with van der Waals surface area (Å²) in [5.74, 6) is 0.00734. The maximum Gasteiger partial charge on any atom is 0.230 e. The summed E-state index contributed by atoms with van der Waals surface area (Å²) in [6, 6.07) is 9.44. The van der Waals surface area contributed by atoms with E-state index in [4.69, 9.17) is 0 Å². The SMILES string of the molecule is O=C(Nc1ccccc1)C12CCCC(F)(CC1)C2. The Morgan fingerprint density at radius 2 is 1.89 bits per heavy atom. The predicted molar refractivity (Wildman–Crippen MR) is 69.0 cm³/mol. The van der Waals surface area contributed by atoms with Crippen molar-refractivity contribution in [3.8, 4) is 0 Å². The van der Waals surface area contributed by atoms with Crippen LogP contribution in [0, 0.1) is 5.41 Å². The number of benzene rings is 1. The van der Waals surface area contributed by atoms with Crippen LogP contribution in [0.1, 0.15) is 38.5 Å². The quantitative estimate of drug-likeness (QED) is 0.848. The van der Waals surface area contributed by atoms with Crippen LogP contribution in [0.4, 0.5) is 10.1 Å². The Bertz CT molecular complexity index is 461. The van der Waals surface area contributed by atoms with Crippen molar-refractivity contribution in [2.75, 3.05) is 5.32 Å². The fourth-order valence-corrected chi connectivity index (χ4v) is 3.51. The lowest BCUT2D eigenvalue weighted by Crippen LogP contribution is -2.38. The van der Waals surface area contributed by atoms with Crippen molar-refractivity contribution in [3.63, 3.8) is 0 Å². The van der Waals surface area contributed by atoms with Gasteiger partial charge in [0.15, 0.2) is 0 Å². The molecular formula is C15H18FNO. The number of nitrogens with one attached hydrogen (secondary N) is 1. The molecule has 0 spiro atoms. The summed E-state index contributed by atoms with van der Waals surface area (Å²) in [6.45, 7) is 0. The summed E-state index contributed by atoms with van der Waals surface area (Å²) in [5.41, 5.74) is -0.728. The molecule has 2 aliphatic carbocycles. The Morgan fingerprint density at radius 3 is 2.67 bits per heavy atom. The molecule has 0 aliphatic heterocycles. The van der Waals surface area contributed by atoms with Gasteiger partial charge in [-0.3, -0.25) is 4.79 Å². The van der Waals surface area contributed by atoms with Gasteiger partial charge in [0.2, 0.25) is 5.91 Å². The second-order valence-corrected chi connectivity index (χ2v) is 5.78. The van der Waals surface area contributed by atoms with Crippen molar-refractivity contribution in [2.24, 2.45) is 5.41 Å². The lowest BCUT2D eigenvalue weighted by molar-refractivity contribution is -0.127. The molecule has 1 aromatic carbocycles. The van der Waals surface area contributed by atoms with Gasteiger partial charge >= 0.3 is 0 Å². The molecule has 0 saturated heterocycles. The molecule has 2 nitrogen and oxygen atoms in total. The molecule has 3 rings (SSSR count). The number of rotatable bonds is 2. The van der Waals surface area contributed by atoms with Gasteiger partial charge in [-0.25, -0.2) is 4.39 Å². The monoisotopic (exact) mass is 247 g/mol. The van der Waals surface area contributed by atoms with Crippen molar-refractivity contribution < 1.29 is 9.18 Å². The minimum atomic E-state index is -1.08. The lowest BCUT2D eigenvalue weighted by Gasteiger charge is -2.34. The fourth-order valence-electron chi connectivity index (χ4n) is 3.51. The third-order valence-corrected chi connectivity index (χ3v) is 4.50. The van der Waals surface area contributed by atoms with Crippen LogP contribution in [0.2, 0.25) is 0 Å². The number of carbonyl (C=O) groups excluding carboxylic acids is 1. The number of halogens is 1. The molecule has 2 saturated carbocycles. The van der Waals surface area contributed by atoms with Crippen LogP contribution in [0.5, 0.6) is 0 Å². The molecule has 2 aliphatic rings. The third-order valence-electron chi connectivity index (χ3n) is 4.50. The van der Waals surface area contributed by atoms with E-state index in [1.807, 2.05) is 30.3 Å².